The highest BCUT2D eigenvalue weighted by atomic mass is 16.2. The summed E-state index contributed by atoms with van der Waals surface area (Å²) >= 11 is 0. The van der Waals surface area contributed by atoms with Gasteiger partial charge >= 0.3 is 0 Å². The molecule has 3 heteroatoms. The van der Waals surface area contributed by atoms with E-state index < -0.39 is 0 Å². The first-order valence-corrected chi connectivity index (χ1v) is 9.01. The van der Waals surface area contributed by atoms with Crippen LogP contribution in [0.3, 0.4) is 0 Å². The normalized spacial score (nSPS) is 21.3. The van der Waals surface area contributed by atoms with Gasteiger partial charge in [0, 0.05) is 25.6 Å². The average molecular weight is 316 g/mol. The van der Waals surface area contributed by atoms with Crippen molar-refractivity contribution in [3.8, 4) is 0 Å². The van der Waals surface area contributed by atoms with E-state index in [0.29, 0.717) is 18.3 Å². The van der Waals surface area contributed by atoms with E-state index in [9.17, 15) is 4.79 Å². The standard InChI is InChI=1S/C20H32N2O/c1-14(2)17-7-9-18(10-8-17)15(3)12-20(23)22-11-5-6-19(13-22)16(4)21/h7-10,14-16,19H,5-6,11-13,21H2,1-4H3. The molecule has 0 saturated carbocycles. The Morgan fingerprint density at radius 3 is 2.35 bits per heavy atom. The molecule has 2 rings (SSSR count). The van der Waals surface area contributed by atoms with Gasteiger partial charge in [-0.05, 0) is 48.6 Å². The Hall–Kier alpha value is -1.35. The van der Waals surface area contributed by atoms with Crippen molar-refractivity contribution in [1.29, 1.82) is 0 Å². The highest BCUT2D eigenvalue weighted by molar-refractivity contribution is 5.77. The molecule has 1 heterocycles. The second-order valence-corrected chi connectivity index (χ2v) is 7.53. The molecule has 3 atom stereocenters. The van der Waals surface area contributed by atoms with Crippen molar-refractivity contribution in [2.24, 2.45) is 11.7 Å². The van der Waals surface area contributed by atoms with Gasteiger partial charge in [-0.1, -0.05) is 45.0 Å². The van der Waals surface area contributed by atoms with Gasteiger partial charge in [0.25, 0.3) is 0 Å². The minimum Gasteiger partial charge on any atom is -0.342 e. The molecule has 0 aliphatic carbocycles. The van der Waals surface area contributed by atoms with E-state index >= 15 is 0 Å². The molecule has 0 bridgehead atoms. The minimum atomic E-state index is 0.173. The van der Waals surface area contributed by atoms with Crippen LogP contribution in [-0.2, 0) is 4.79 Å². The lowest BCUT2D eigenvalue weighted by Gasteiger charge is -2.35. The molecule has 3 unspecified atom stereocenters. The summed E-state index contributed by atoms with van der Waals surface area (Å²) in [4.78, 5) is 14.6. The maximum absolute atomic E-state index is 12.6. The number of carbonyl (C=O) groups is 1. The molecule has 0 radical (unpaired) electrons. The predicted molar refractivity (Wildman–Crippen MR) is 96.5 cm³/mol. The monoisotopic (exact) mass is 316 g/mol. The topological polar surface area (TPSA) is 46.3 Å². The lowest BCUT2D eigenvalue weighted by Crippen LogP contribution is -2.45. The number of nitrogens with zero attached hydrogens (tertiary/aromatic N) is 1. The van der Waals surface area contributed by atoms with Gasteiger partial charge in [-0.3, -0.25) is 4.79 Å². The van der Waals surface area contributed by atoms with Gasteiger partial charge in [0.05, 0.1) is 0 Å². The SMILES string of the molecule is CC(C)c1ccc(C(C)CC(=O)N2CCCC(C(C)N)C2)cc1. The molecule has 1 aliphatic heterocycles. The fourth-order valence-corrected chi connectivity index (χ4v) is 3.38. The molecule has 1 amide bonds. The highest BCUT2D eigenvalue weighted by Gasteiger charge is 2.26. The van der Waals surface area contributed by atoms with E-state index in [2.05, 4.69) is 52.0 Å². The van der Waals surface area contributed by atoms with Crippen LogP contribution in [0.5, 0.6) is 0 Å². The van der Waals surface area contributed by atoms with Gasteiger partial charge in [-0.2, -0.15) is 0 Å². The molecule has 1 aliphatic rings. The van der Waals surface area contributed by atoms with Crippen molar-refractivity contribution in [3.05, 3.63) is 35.4 Å². The van der Waals surface area contributed by atoms with E-state index in [4.69, 9.17) is 5.73 Å². The Morgan fingerprint density at radius 1 is 1.17 bits per heavy atom. The number of piperidine rings is 1. The molecular formula is C20H32N2O. The lowest BCUT2D eigenvalue weighted by atomic mass is 9.90. The van der Waals surface area contributed by atoms with Crippen LogP contribution in [0.1, 0.15) is 69.9 Å². The summed E-state index contributed by atoms with van der Waals surface area (Å²) in [5, 5.41) is 0. The number of benzene rings is 1. The average Bonchev–Trinajstić information content (AvgIpc) is 2.54. The zero-order valence-corrected chi connectivity index (χ0v) is 15.1. The van der Waals surface area contributed by atoms with Crippen LogP contribution in [0, 0.1) is 5.92 Å². The van der Waals surface area contributed by atoms with Crippen LogP contribution in [-0.4, -0.2) is 29.9 Å². The predicted octanol–water partition coefficient (Wildman–Crippen LogP) is 3.89. The molecule has 1 fully saturated rings. The third-order valence-corrected chi connectivity index (χ3v) is 5.21. The largest absolute Gasteiger partial charge is 0.342 e. The van der Waals surface area contributed by atoms with Gasteiger partial charge in [0.15, 0.2) is 0 Å². The maximum atomic E-state index is 12.6. The van der Waals surface area contributed by atoms with Crippen molar-refractivity contribution in [3.63, 3.8) is 0 Å². The minimum absolute atomic E-state index is 0.173. The highest BCUT2D eigenvalue weighted by Crippen LogP contribution is 2.25. The Balaban J connectivity index is 1.93. The van der Waals surface area contributed by atoms with Crippen molar-refractivity contribution >= 4 is 5.91 Å². The molecule has 2 N–H and O–H groups in total. The molecular weight excluding hydrogens is 284 g/mol. The molecule has 1 aromatic rings. The number of likely N-dealkylation sites (tertiary alicyclic amines) is 1. The second kappa shape index (κ2) is 7.96. The van der Waals surface area contributed by atoms with Crippen LogP contribution < -0.4 is 5.73 Å². The van der Waals surface area contributed by atoms with E-state index in [1.807, 2.05) is 4.90 Å². The van der Waals surface area contributed by atoms with Crippen molar-refractivity contribution in [2.45, 2.75) is 64.8 Å². The zero-order chi connectivity index (χ0) is 17.0. The third kappa shape index (κ3) is 4.81. The summed E-state index contributed by atoms with van der Waals surface area (Å²) in [7, 11) is 0. The zero-order valence-electron chi connectivity index (χ0n) is 15.1. The summed E-state index contributed by atoms with van der Waals surface area (Å²) in [5.41, 5.74) is 8.63. The molecule has 0 spiro atoms. The fourth-order valence-electron chi connectivity index (χ4n) is 3.38. The van der Waals surface area contributed by atoms with E-state index in [-0.39, 0.29) is 17.9 Å². The number of hydrogen-bond donors (Lipinski definition) is 1. The van der Waals surface area contributed by atoms with E-state index in [1.165, 1.54) is 11.1 Å². The first kappa shape index (κ1) is 18.0. The lowest BCUT2D eigenvalue weighted by molar-refractivity contribution is -0.133. The fraction of sp³-hybridized carbons (Fsp3) is 0.650. The Labute approximate surface area is 141 Å². The summed E-state index contributed by atoms with van der Waals surface area (Å²) < 4.78 is 0. The van der Waals surface area contributed by atoms with Crippen molar-refractivity contribution in [1.82, 2.24) is 4.90 Å². The quantitative estimate of drug-likeness (QED) is 0.896. The summed E-state index contributed by atoms with van der Waals surface area (Å²) in [5.74, 6) is 1.54. The van der Waals surface area contributed by atoms with Gasteiger partial charge in [0.2, 0.25) is 5.91 Å². The smallest absolute Gasteiger partial charge is 0.223 e. The van der Waals surface area contributed by atoms with E-state index in [1.54, 1.807) is 0 Å². The van der Waals surface area contributed by atoms with Crippen LogP contribution in [0.4, 0.5) is 0 Å². The van der Waals surface area contributed by atoms with Gasteiger partial charge in [0.1, 0.15) is 0 Å². The second-order valence-electron chi connectivity index (χ2n) is 7.53. The first-order valence-electron chi connectivity index (χ1n) is 9.01. The maximum Gasteiger partial charge on any atom is 0.223 e. The molecule has 1 saturated heterocycles. The number of nitrogens with two attached hydrogens (primary N) is 1. The summed E-state index contributed by atoms with van der Waals surface area (Å²) in [6.45, 7) is 10.3. The molecule has 0 aromatic heterocycles. The van der Waals surface area contributed by atoms with Gasteiger partial charge in [-0.15, -0.1) is 0 Å². The van der Waals surface area contributed by atoms with Crippen LogP contribution >= 0.6 is 0 Å². The summed E-state index contributed by atoms with van der Waals surface area (Å²) in [6.07, 6.45) is 2.82. The van der Waals surface area contributed by atoms with Crippen molar-refractivity contribution in [2.75, 3.05) is 13.1 Å². The van der Waals surface area contributed by atoms with E-state index in [0.717, 1.165) is 25.9 Å². The van der Waals surface area contributed by atoms with Gasteiger partial charge < -0.3 is 10.6 Å². The Morgan fingerprint density at radius 2 is 1.78 bits per heavy atom. The molecule has 3 nitrogen and oxygen atoms in total. The van der Waals surface area contributed by atoms with Crippen LogP contribution in [0.15, 0.2) is 24.3 Å². The van der Waals surface area contributed by atoms with Crippen LogP contribution in [0.2, 0.25) is 0 Å². The molecule has 128 valence electrons. The third-order valence-electron chi connectivity index (χ3n) is 5.21. The summed E-state index contributed by atoms with van der Waals surface area (Å²) in [6, 6.07) is 8.90. The number of rotatable bonds is 5. The number of amides is 1. The van der Waals surface area contributed by atoms with Gasteiger partial charge in [-0.25, -0.2) is 0 Å². The van der Waals surface area contributed by atoms with Crippen LogP contribution in [0.25, 0.3) is 0 Å². The van der Waals surface area contributed by atoms with Crippen molar-refractivity contribution < 1.29 is 4.79 Å². The Bertz CT molecular complexity index is 507. The number of carbonyl (C=O) groups excluding carboxylic acids is 1. The Kier molecular flexibility index (Phi) is 6.23. The molecule has 23 heavy (non-hydrogen) atoms. The molecule has 1 aromatic carbocycles. The first-order chi connectivity index (χ1) is 10.9. The number of hydrogen-bond acceptors (Lipinski definition) is 2.